The third kappa shape index (κ3) is 2.20. The van der Waals surface area contributed by atoms with Gasteiger partial charge < -0.3 is 5.11 Å². The monoisotopic (exact) mass is 222 g/mol. The summed E-state index contributed by atoms with van der Waals surface area (Å²) in [6, 6.07) is 0. The van der Waals surface area contributed by atoms with Crippen molar-refractivity contribution in [3.05, 3.63) is 11.1 Å². The van der Waals surface area contributed by atoms with E-state index in [4.69, 9.17) is 0 Å². The van der Waals surface area contributed by atoms with E-state index in [9.17, 15) is 5.11 Å². The van der Waals surface area contributed by atoms with E-state index in [0.29, 0.717) is 5.92 Å². The van der Waals surface area contributed by atoms with Crippen LogP contribution in [0.2, 0.25) is 0 Å². The van der Waals surface area contributed by atoms with Gasteiger partial charge in [0.05, 0.1) is 5.60 Å². The first-order valence-corrected chi connectivity index (χ1v) is 6.83. The van der Waals surface area contributed by atoms with Gasteiger partial charge in [0.15, 0.2) is 0 Å². The highest BCUT2D eigenvalue weighted by Gasteiger charge is 2.35. The fourth-order valence-electron chi connectivity index (χ4n) is 3.51. The van der Waals surface area contributed by atoms with Gasteiger partial charge in [-0.2, -0.15) is 0 Å². The van der Waals surface area contributed by atoms with Crippen molar-refractivity contribution in [2.45, 2.75) is 65.4 Å². The Kier molecular flexibility index (Phi) is 3.18. The largest absolute Gasteiger partial charge is 0.390 e. The first kappa shape index (κ1) is 12.2. The van der Waals surface area contributed by atoms with Crippen LogP contribution >= 0.6 is 0 Å². The molecule has 16 heavy (non-hydrogen) atoms. The lowest BCUT2D eigenvalue weighted by atomic mass is 9.81. The first-order chi connectivity index (χ1) is 7.39. The Morgan fingerprint density at radius 1 is 1.00 bits per heavy atom. The summed E-state index contributed by atoms with van der Waals surface area (Å²) in [4.78, 5) is 0. The first-order valence-electron chi connectivity index (χ1n) is 6.83. The van der Waals surface area contributed by atoms with E-state index in [2.05, 4.69) is 13.8 Å². The number of allylic oxidation sites excluding steroid dienone is 2. The van der Waals surface area contributed by atoms with Gasteiger partial charge in [0.1, 0.15) is 0 Å². The van der Waals surface area contributed by atoms with Gasteiger partial charge in [-0.3, -0.25) is 0 Å². The van der Waals surface area contributed by atoms with Crippen molar-refractivity contribution in [3.63, 3.8) is 0 Å². The maximum Gasteiger partial charge on any atom is 0.0622 e. The zero-order chi connectivity index (χ0) is 11.9. The van der Waals surface area contributed by atoms with Crippen molar-refractivity contribution in [1.29, 1.82) is 0 Å². The fourth-order valence-corrected chi connectivity index (χ4v) is 3.51. The van der Waals surface area contributed by atoms with Crippen LogP contribution in [0.4, 0.5) is 0 Å². The van der Waals surface area contributed by atoms with Crippen LogP contribution in [0, 0.1) is 17.8 Å². The smallest absolute Gasteiger partial charge is 0.0622 e. The molecule has 0 heterocycles. The lowest BCUT2D eigenvalue weighted by molar-refractivity contribution is 0.0119. The predicted molar refractivity (Wildman–Crippen MR) is 68.2 cm³/mol. The highest BCUT2D eigenvalue weighted by molar-refractivity contribution is 5.26. The van der Waals surface area contributed by atoms with Crippen molar-refractivity contribution >= 4 is 0 Å². The van der Waals surface area contributed by atoms with Crippen LogP contribution in [0.25, 0.3) is 0 Å². The van der Waals surface area contributed by atoms with E-state index in [0.717, 1.165) is 18.3 Å². The highest BCUT2D eigenvalue weighted by Crippen LogP contribution is 2.45. The van der Waals surface area contributed by atoms with Gasteiger partial charge in [0.2, 0.25) is 0 Å². The Hall–Kier alpha value is -0.300. The van der Waals surface area contributed by atoms with Crippen molar-refractivity contribution in [2.75, 3.05) is 0 Å². The second-order valence-electron chi connectivity index (χ2n) is 6.52. The molecule has 0 aliphatic heterocycles. The summed E-state index contributed by atoms with van der Waals surface area (Å²) in [5.74, 6) is 1.98. The molecule has 1 heteroatoms. The molecule has 1 N–H and O–H groups in total. The molecule has 3 atom stereocenters. The molecule has 2 rings (SSSR count). The van der Waals surface area contributed by atoms with Gasteiger partial charge in [-0.15, -0.1) is 0 Å². The Bertz CT molecular complexity index is 295. The van der Waals surface area contributed by atoms with Gasteiger partial charge in [-0.1, -0.05) is 25.0 Å². The Morgan fingerprint density at radius 2 is 1.62 bits per heavy atom. The zero-order valence-electron chi connectivity index (χ0n) is 11.2. The molecule has 0 spiro atoms. The van der Waals surface area contributed by atoms with E-state index in [1.807, 2.05) is 13.8 Å². The molecule has 1 unspecified atom stereocenters. The molecule has 2 aliphatic carbocycles. The summed E-state index contributed by atoms with van der Waals surface area (Å²) in [7, 11) is 0. The van der Waals surface area contributed by atoms with Crippen molar-refractivity contribution in [3.8, 4) is 0 Å². The summed E-state index contributed by atoms with van der Waals surface area (Å²) < 4.78 is 0. The van der Waals surface area contributed by atoms with Crippen molar-refractivity contribution in [2.24, 2.45) is 17.8 Å². The minimum atomic E-state index is -0.509. The standard InChI is InChI=1S/C15H26O/c1-10-5-7-12(15(3,4)16)9-14-11(2)6-8-13(10)14/h10-12,16H,5-9H2,1-4H3/t10-,11-,12?/m0/s1. The van der Waals surface area contributed by atoms with Crippen LogP contribution in [0.5, 0.6) is 0 Å². The van der Waals surface area contributed by atoms with Gasteiger partial charge in [-0.05, 0) is 63.7 Å². The van der Waals surface area contributed by atoms with Crippen LogP contribution in [0.3, 0.4) is 0 Å². The summed E-state index contributed by atoms with van der Waals surface area (Å²) >= 11 is 0. The molecule has 92 valence electrons. The van der Waals surface area contributed by atoms with Crippen LogP contribution in [0.15, 0.2) is 11.1 Å². The summed E-state index contributed by atoms with van der Waals surface area (Å²) in [6.07, 6.45) is 6.25. The van der Waals surface area contributed by atoms with E-state index in [1.165, 1.54) is 25.7 Å². The zero-order valence-corrected chi connectivity index (χ0v) is 11.2. The van der Waals surface area contributed by atoms with Crippen LogP contribution in [-0.2, 0) is 0 Å². The third-order valence-electron chi connectivity index (χ3n) is 4.86. The SMILES string of the molecule is C[C@H]1CCC(C(C)(C)O)CC2=C1CC[C@@H]2C. The Morgan fingerprint density at radius 3 is 2.25 bits per heavy atom. The number of rotatable bonds is 1. The molecule has 0 radical (unpaired) electrons. The molecule has 0 bridgehead atoms. The van der Waals surface area contributed by atoms with E-state index < -0.39 is 5.60 Å². The van der Waals surface area contributed by atoms with E-state index >= 15 is 0 Å². The molecule has 0 saturated heterocycles. The fraction of sp³-hybridized carbons (Fsp3) is 0.867. The second kappa shape index (κ2) is 4.18. The van der Waals surface area contributed by atoms with Crippen molar-refractivity contribution < 1.29 is 5.11 Å². The third-order valence-corrected chi connectivity index (χ3v) is 4.86. The lowest BCUT2D eigenvalue weighted by Gasteiger charge is -2.30. The van der Waals surface area contributed by atoms with Crippen LogP contribution in [-0.4, -0.2) is 10.7 Å². The van der Waals surface area contributed by atoms with Gasteiger partial charge in [0, 0.05) is 0 Å². The molecule has 0 fully saturated rings. The normalized spacial score (nSPS) is 36.2. The summed E-state index contributed by atoms with van der Waals surface area (Å²) in [5, 5.41) is 10.2. The summed E-state index contributed by atoms with van der Waals surface area (Å²) in [5.41, 5.74) is 2.92. The molecule has 2 aliphatic rings. The number of aliphatic hydroxyl groups is 1. The molecular weight excluding hydrogens is 196 g/mol. The maximum atomic E-state index is 10.2. The molecule has 1 nitrogen and oxygen atoms in total. The molecule has 0 amide bonds. The minimum Gasteiger partial charge on any atom is -0.390 e. The number of hydrogen-bond donors (Lipinski definition) is 1. The minimum absolute atomic E-state index is 0.461. The van der Waals surface area contributed by atoms with Crippen molar-refractivity contribution in [1.82, 2.24) is 0 Å². The van der Waals surface area contributed by atoms with Gasteiger partial charge in [0.25, 0.3) is 0 Å². The Balaban J connectivity index is 2.23. The summed E-state index contributed by atoms with van der Waals surface area (Å²) in [6.45, 7) is 8.70. The van der Waals surface area contributed by atoms with E-state index in [1.54, 1.807) is 11.1 Å². The van der Waals surface area contributed by atoms with Gasteiger partial charge >= 0.3 is 0 Å². The van der Waals surface area contributed by atoms with Crippen LogP contribution in [0.1, 0.15) is 59.8 Å². The molecule has 0 saturated carbocycles. The molecular formula is C15H26O. The highest BCUT2D eigenvalue weighted by atomic mass is 16.3. The van der Waals surface area contributed by atoms with Crippen LogP contribution < -0.4 is 0 Å². The van der Waals surface area contributed by atoms with E-state index in [-0.39, 0.29) is 0 Å². The maximum absolute atomic E-state index is 10.2. The Labute approximate surface area is 99.9 Å². The molecule has 0 aromatic rings. The molecule has 0 aromatic carbocycles. The lowest BCUT2D eigenvalue weighted by Crippen LogP contribution is -2.31. The quantitative estimate of drug-likeness (QED) is 0.667. The average Bonchev–Trinajstić information content (AvgIpc) is 2.42. The second-order valence-corrected chi connectivity index (χ2v) is 6.52. The predicted octanol–water partition coefficient (Wildman–Crippen LogP) is 3.92. The van der Waals surface area contributed by atoms with Gasteiger partial charge in [-0.25, -0.2) is 0 Å². The molecule has 0 aromatic heterocycles. The number of hydrogen-bond acceptors (Lipinski definition) is 1. The topological polar surface area (TPSA) is 20.2 Å². The average molecular weight is 222 g/mol.